The molecule has 0 aliphatic carbocycles. The second-order valence-corrected chi connectivity index (χ2v) is 7.89. The molecular weight excluding hydrogens is 400 g/mol. The Balaban J connectivity index is 1.87. The van der Waals surface area contributed by atoms with Crippen molar-refractivity contribution in [1.82, 2.24) is 9.88 Å². The number of anilines is 2. The minimum absolute atomic E-state index is 0.0258. The van der Waals surface area contributed by atoms with Crippen LogP contribution in [0.2, 0.25) is 0 Å². The van der Waals surface area contributed by atoms with Gasteiger partial charge in [-0.15, -0.1) is 0 Å². The average molecular weight is 431 g/mol. The average Bonchev–Trinajstić information content (AvgIpc) is 3.07. The summed E-state index contributed by atoms with van der Waals surface area (Å²) in [6.45, 7) is 4.75. The van der Waals surface area contributed by atoms with Crippen LogP contribution in [0.15, 0.2) is 35.3 Å². The number of hydrogen-bond donors (Lipinski definition) is 4. The Labute approximate surface area is 181 Å². The van der Waals surface area contributed by atoms with E-state index >= 15 is 0 Å². The lowest BCUT2D eigenvalue weighted by Gasteiger charge is -2.27. The van der Waals surface area contributed by atoms with Crippen LogP contribution >= 0.6 is 0 Å². The Hall–Kier alpha value is -2.88. The summed E-state index contributed by atoms with van der Waals surface area (Å²) in [7, 11) is 3.40. The second kappa shape index (κ2) is 9.51. The molecule has 1 aromatic carbocycles. The van der Waals surface area contributed by atoms with E-state index in [1.165, 1.54) is 6.92 Å². The minimum atomic E-state index is -1.09. The first-order chi connectivity index (χ1) is 14.7. The lowest BCUT2D eigenvalue weighted by molar-refractivity contribution is -0.142. The van der Waals surface area contributed by atoms with E-state index < -0.39 is 18.1 Å². The second-order valence-electron chi connectivity index (χ2n) is 7.89. The summed E-state index contributed by atoms with van der Waals surface area (Å²) >= 11 is 0. The number of aliphatic hydroxyl groups excluding tert-OH is 1. The number of pyridine rings is 1. The zero-order valence-corrected chi connectivity index (χ0v) is 18.3. The zero-order valence-electron chi connectivity index (χ0n) is 18.3. The summed E-state index contributed by atoms with van der Waals surface area (Å²) in [5.74, 6) is -1.09. The molecule has 0 spiro atoms. The molecule has 0 bridgehead atoms. The number of aromatic nitrogens is 1. The number of aryl methyl sites for hydroxylation is 2. The van der Waals surface area contributed by atoms with Gasteiger partial charge in [0.15, 0.2) is 0 Å². The van der Waals surface area contributed by atoms with Gasteiger partial charge in [0.1, 0.15) is 12.2 Å². The van der Waals surface area contributed by atoms with Gasteiger partial charge in [0.25, 0.3) is 5.56 Å². The molecule has 0 radical (unpaired) electrons. The standard InChI is InChI=1S/C22H30N4O5/c1-13-9-16(12-25(3)21(13)28)20-24-17-10-15(11-23-19(14(2)27)22(29)30)5-6-18(17)26(20)7-8-31-4/h5-6,9-10,12,14,19-20,23-24,27H,7-8,11H2,1-4H3,(H,29,30). The maximum absolute atomic E-state index is 12.1. The van der Waals surface area contributed by atoms with Crippen LogP contribution in [0.3, 0.4) is 0 Å². The van der Waals surface area contributed by atoms with Crippen molar-refractivity contribution in [2.75, 3.05) is 30.5 Å². The molecule has 0 fully saturated rings. The first kappa shape index (κ1) is 22.8. The first-order valence-corrected chi connectivity index (χ1v) is 10.2. The number of hydrogen-bond acceptors (Lipinski definition) is 7. The zero-order chi connectivity index (χ0) is 22.7. The molecule has 1 aliphatic rings. The summed E-state index contributed by atoms with van der Waals surface area (Å²) in [5, 5.41) is 25.3. The normalized spacial score (nSPS) is 17.2. The predicted octanol–water partition coefficient (Wildman–Crippen LogP) is 1.19. The molecule has 9 nitrogen and oxygen atoms in total. The number of nitrogens with zero attached hydrogens (tertiary/aromatic N) is 2. The number of carboxylic acids is 1. The Morgan fingerprint density at radius 3 is 2.71 bits per heavy atom. The molecule has 0 saturated heterocycles. The number of aliphatic hydroxyl groups is 1. The molecule has 3 unspecified atom stereocenters. The van der Waals surface area contributed by atoms with E-state index in [4.69, 9.17) is 4.74 Å². The fraction of sp³-hybridized carbons (Fsp3) is 0.455. The third-order valence-electron chi connectivity index (χ3n) is 5.48. The van der Waals surface area contributed by atoms with E-state index in [-0.39, 0.29) is 11.7 Å². The number of methoxy groups -OCH3 is 1. The van der Waals surface area contributed by atoms with Crippen LogP contribution in [0.5, 0.6) is 0 Å². The van der Waals surface area contributed by atoms with Crippen molar-refractivity contribution in [1.29, 1.82) is 0 Å². The van der Waals surface area contributed by atoms with Gasteiger partial charge in [-0.3, -0.25) is 14.9 Å². The highest BCUT2D eigenvalue weighted by atomic mass is 16.5. The number of aliphatic carboxylic acids is 1. The fourth-order valence-electron chi connectivity index (χ4n) is 3.88. The largest absolute Gasteiger partial charge is 0.480 e. The predicted molar refractivity (Wildman–Crippen MR) is 118 cm³/mol. The molecule has 9 heteroatoms. The third-order valence-corrected chi connectivity index (χ3v) is 5.48. The molecule has 1 aliphatic heterocycles. The van der Waals surface area contributed by atoms with E-state index in [9.17, 15) is 19.8 Å². The Morgan fingerprint density at radius 2 is 2.10 bits per heavy atom. The fourth-order valence-corrected chi connectivity index (χ4v) is 3.88. The number of benzene rings is 1. The monoisotopic (exact) mass is 430 g/mol. The maximum atomic E-state index is 12.1. The molecule has 3 rings (SSSR count). The van der Waals surface area contributed by atoms with Crippen LogP contribution in [0.1, 0.15) is 29.8 Å². The van der Waals surface area contributed by atoms with Gasteiger partial charge in [0.05, 0.1) is 24.1 Å². The highest BCUT2D eigenvalue weighted by molar-refractivity contribution is 5.77. The summed E-state index contributed by atoms with van der Waals surface area (Å²) in [6, 6.07) is 6.75. The van der Waals surface area contributed by atoms with Crippen molar-refractivity contribution in [3.63, 3.8) is 0 Å². The molecule has 168 valence electrons. The SMILES string of the molecule is COCCN1c2ccc(CNC(C(=O)O)C(C)O)cc2NC1c1cc(C)c(=O)n(C)c1. The van der Waals surface area contributed by atoms with Crippen LogP contribution in [-0.2, 0) is 23.1 Å². The molecule has 0 saturated carbocycles. The van der Waals surface area contributed by atoms with Gasteiger partial charge in [-0.2, -0.15) is 0 Å². The maximum Gasteiger partial charge on any atom is 0.323 e. The number of rotatable bonds is 9. The van der Waals surface area contributed by atoms with Crippen molar-refractivity contribution in [3.8, 4) is 0 Å². The lowest BCUT2D eigenvalue weighted by atomic mass is 10.1. The molecule has 2 aromatic rings. The summed E-state index contributed by atoms with van der Waals surface area (Å²) < 4.78 is 6.87. The summed E-state index contributed by atoms with van der Waals surface area (Å²) in [4.78, 5) is 25.6. The van der Waals surface area contributed by atoms with E-state index in [0.29, 0.717) is 25.3 Å². The van der Waals surface area contributed by atoms with E-state index in [2.05, 4.69) is 15.5 Å². The smallest absolute Gasteiger partial charge is 0.323 e. The molecule has 31 heavy (non-hydrogen) atoms. The molecular formula is C22H30N4O5. The van der Waals surface area contributed by atoms with Crippen LogP contribution in [-0.4, -0.2) is 53.2 Å². The quantitative estimate of drug-likeness (QED) is 0.469. The van der Waals surface area contributed by atoms with Crippen molar-refractivity contribution in [3.05, 3.63) is 57.5 Å². The topological polar surface area (TPSA) is 116 Å². The van der Waals surface area contributed by atoms with Crippen LogP contribution in [0, 0.1) is 6.92 Å². The Kier molecular flexibility index (Phi) is 6.99. The van der Waals surface area contributed by atoms with Gasteiger partial charge >= 0.3 is 5.97 Å². The molecule has 2 heterocycles. The van der Waals surface area contributed by atoms with Crippen molar-refractivity contribution < 1.29 is 19.7 Å². The van der Waals surface area contributed by atoms with E-state index in [1.807, 2.05) is 30.5 Å². The summed E-state index contributed by atoms with van der Waals surface area (Å²) in [6.07, 6.45) is 0.663. The number of nitrogens with one attached hydrogen (secondary N) is 2. The molecule has 0 amide bonds. The third kappa shape index (κ3) is 4.90. The van der Waals surface area contributed by atoms with Crippen molar-refractivity contribution in [2.24, 2.45) is 7.05 Å². The van der Waals surface area contributed by atoms with Gasteiger partial charge < -0.3 is 29.7 Å². The van der Waals surface area contributed by atoms with Crippen LogP contribution < -0.4 is 21.1 Å². The molecule has 3 atom stereocenters. The van der Waals surface area contributed by atoms with Gasteiger partial charge in [0.2, 0.25) is 0 Å². The minimum Gasteiger partial charge on any atom is -0.480 e. The number of fused-ring (bicyclic) bond motifs is 1. The summed E-state index contributed by atoms with van der Waals surface area (Å²) in [5.41, 5.74) is 4.42. The van der Waals surface area contributed by atoms with Crippen LogP contribution in [0.4, 0.5) is 11.4 Å². The van der Waals surface area contributed by atoms with Crippen molar-refractivity contribution in [2.45, 2.75) is 38.7 Å². The molecule has 1 aromatic heterocycles. The van der Waals surface area contributed by atoms with Gasteiger partial charge in [-0.05, 0) is 37.6 Å². The highest BCUT2D eigenvalue weighted by Gasteiger charge is 2.30. The van der Waals surface area contributed by atoms with E-state index in [1.54, 1.807) is 25.6 Å². The van der Waals surface area contributed by atoms with Gasteiger partial charge in [-0.1, -0.05) is 6.07 Å². The molecule has 4 N–H and O–H groups in total. The van der Waals surface area contributed by atoms with Gasteiger partial charge in [0, 0.05) is 44.6 Å². The number of carbonyl (C=O) groups is 1. The van der Waals surface area contributed by atoms with Gasteiger partial charge in [-0.25, -0.2) is 0 Å². The lowest BCUT2D eigenvalue weighted by Crippen LogP contribution is -2.44. The van der Waals surface area contributed by atoms with Crippen molar-refractivity contribution >= 4 is 17.3 Å². The van der Waals surface area contributed by atoms with E-state index in [0.717, 1.165) is 22.5 Å². The van der Waals surface area contributed by atoms with Crippen LogP contribution in [0.25, 0.3) is 0 Å². The number of carboxylic acid groups (broad SMARTS) is 1. The Bertz CT molecular complexity index is 978. The Morgan fingerprint density at radius 1 is 1.35 bits per heavy atom. The number of ether oxygens (including phenoxy) is 1. The highest BCUT2D eigenvalue weighted by Crippen LogP contribution is 2.41. The first-order valence-electron chi connectivity index (χ1n) is 10.2.